The van der Waals surface area contributed by atoms with Crippen LogP contribution in [-0.4, -0.2) is 35.2 Å². The molecule has 3 rings (SSSR count). The number of nitrogens with zero attached hydrogens (tertiary/aromatic N) is 1. The molecule has 0 aliphatic carbocycles. The maximum Gasteiger partial charge on any atom is 0.410 e. The first-order valence-corrected chi connectivity index (χ1v) is 8.36. The van der Waals surface area contributed by atoms with Crippen LogP contribution in [0.5, 0.6) is 0 Å². The number of carbonyl (C=O) groups is 2. The minimum atomic E-state index is -0.918. The number of aliphatic carboxylic acids is 1. The lowest BCUT2D eigenvalue weighted by molar-refractivity contribution is -0.141. The Labute approximate surface area is 150 Å². The lowest BCUT2D eigenvalue weighted by Crippen LogP contribution is -2.30. The van der Waals surface area contributed by atoms with Crippen LogP contribution in [0.4, 0.5) is 4.79 Å². The number of amides is 1. The molecule has 1 aliphatic heterocycles. The molecule has 2 aromatic carbocycles. The average Bonchev–Trinajstić information content (AvgIpc) is 3.07. The minimum absolute atomic E-state index is 0.135. The Bertz CT molecular complexity index is 748. The minimum Gasteiger partial charge on any atom is -0.481 e. The van der Waals surface area contributed by atoms with E-state index in [4.69, 9.17) is 16.3 Å². The fraction of sp³-hybridized carbons (Fsp3) is 0.263. The van der Waals surface area contributed by atoms with Crippen molar-refractivity contribution in [2.75, 3.05) is 13.1 Å². The van der Waals surface area contributed by atoms with Crippen LogP contribution in [0.15, 0.2) is 54.6 Å². The molecule has 0 radical (unpaired) electrons. The van der Waals surface area contributed by atoms with Crippen molar-refractivity contribution >= 4 is 23.7 Å². The predicted molar refractivity (Wildman–Crippen MR) is 93.5 cm³/mol. The van der Waals surface area contributed by atoms with Crippen molar-refractivity contribution < 1.29 is 19.4 Å². The number of rotatable bonds is 4. The topological polar surface area (TPSA) is 66.8 Å². The summed E-state index contributed by atoms with van der Waals surface area (Å²) in [5.41, 5.74) is 1.74. The first-order valence-electron chi connectivity index (χ1n) is 7.98. The van der Waals surface area contributed by atoms with E-state index in [-0.39, 0.29) is 19.1 Å². The summed E-state index contributed by atoms with van der Waals surface area (Å²) in [6, 6.07) is 16.4. The van der Waals surface area contributed by atoms with Gasteiger partial charge in [-0.15, -0.1) is 0 Å². The third kappa shape index (κ3) is 4.12. The monoisotopic (exact) mass is 359 g/mol. The molecule has 1 saturated heterocycles. The number of carboxylic acid groups (broad SMARTS) is 1. The lowest BCUT2D eigenvalue weighted by Gasteiger charge is -2.16. The number of benzene rings is 2. The van der Waals surface area contributed by atoms with Crippen molar-refractivity contribution in [1.29, 1.82) is 0 Å². The van der Waals surface area contributed by atoms with Gasteiger partial charge in [-0.1, -0.05) is 54.1 Å². The lowest BCUT2D eigenvalue weighted by atomic mass is 9.89. The van der Waals surface area contributed by atoms with Crippen LogP contribution in [0.3, 0.4) is 0 Å². The van der Waals surface area contributed by atoms with E-state index in [1.807, 2.05) is 42.5 Å². The Morgan fingerprint density at radius 3 is 2.40 bits per heavy atom. The second-order valence-corrected chi connectivity index (χ2v) is 6.48. The van der Waals surface area contributed by atoms with Crippen molar-refractivity contribution in [1.82, 2.24) is 4.90 Å². The molecule has 1 amide bonds. The molecule has 1 aliphatic rings. The Kier molecular flexibility index (Phi) is 5.24. The molecular weight excluding hydrogens is 342 g/mol. The molecule has 2 atom stereocenters. The Balaban J connectivity index is 1.68. The van der Waals surface area contributed by atoms with Crippen molar-refractivity contribution in [3.05, 3.63) is 70.7 Å². The van der Waals surface area contributed by atoms with Crippen LogP contribution in [0.25, 0.3) is 0 Å². The Morgan fingerprint density at radius 1 is 1.08 bits per heavy atom. The number of carbonyl (C=O) groups excluding carboxylic acids is 1. The van der Waals surface area contributed by atoms with Gasteiger partial charge in [-0.3, -0.25) is 4.79 Å². The highest BCUT2D eigenvalue weighted by Crippen LogP contribution is 2.33. The molecule has 2 aromatic rings. The maximum atomic E-state index is 12.3. The molecule has 0 unspecified atom stereocenters. The third-order valence-electron chi connectivity index (χ3n) is 4.40. The SMILES string of the molecule is O=C(O)[C@H]1CN(C(=O)OCc2ccccc2)C[C@H]1c1ccc(Cl)cc1. The van der Waals surface area contributed by atoms with Gasteiger partial charge in [-0.25, -0.2) is 4.79 Å². The Morgan fingerprint density at radius 2 is 1.76 bits per heavy atom. The zero-order chi connectivity index (χ0) is 17.8. The van der Waals surface area contributed by atoms with E-state index in [1.54, 1.807) is 12.1 Å². The van der Waals surface area contributed by atoms with Gasteiger partial charge in [0.2, 0.25) is 0 Å². The van der Waals surface area contributed by atoms with Crippen LogP contribution >= 0.6 is 11.6 Å². The van der Waals surface area contributed by atoms with E-state index >= 15 is 0 Å². The van der Waals surface area contributed by atoms with Crippen molar-refractivity contribution in [2.24, 2.45) is 5.92 Å². The van der Waals surface area contributed by atoms with Crippen molar-refractivity contribution in [2.45, 2.75) is 12.5 Å². The van der Waals surface area contributed by atoms with E-state index < -0.39 is 18.0 Å². The summed E-state index contributed by atoms with van der Waals surface area (Å²) in [5, 5.41) is 10.1. The number of hydrogen-bond acceptors (Lipinski definition) is 3. The van der Waals surface area contributed by atoms with Gasteiger partial charge in [-0.2, -0.15) is 0 Å². The molecule has 130 valence electrons. The summed E-state index contributed by atoms with van der Waals surface area (Å²) < 4.78 is 5.32. The summed E-state index contributed by atoms with van der Waals surface area (Å²) in [7, 11) is 0. The summed E-state index contributed by atoms with van der Waals surface area (Å²) in [6.45, 7) is 0.613. The Hall–Kier alpha value is -2.53. The molecule has 5 nitrogen and oxygen atoms in total. The second-order valence-electron chi connectivity index (χ2n) is 6.05. The molecule has 0 saturated carbocycles. The van der Waals surface area contributed by atoms with Gasteiger partial charge in [-0.05, 0) is 23.3 Å². The number of ether oxygens (including phenoxy) is 1. The number of halogens is 1. The summed E-state index contributed by atoms with van der Waals surface area (Å²) in [6.07, 6.45) is -0.494. The maximum absolute atomic E-state index is 12.3. The second kappa shape index (κ2) is 7.57. The standard InChI is InChI=1S/C19H18ClNO4/c20-15-8-6-14(7-9-15)16-10-21(11-17(16)18(22)23)19(24)25-12-13-4-2-1-3-5-13/h1-9,16-17H,10-12H2,(H,22,23)/t16-,17-/m0/s1. The van der Waals surface area contributed by atoms with E-state index in [9.17, 15) is 14.7 Å². The van der Waals surface area contributed by atoms with Crippen LogP contribution < -0.4 is 0 Å². The van der Waals surface area contributed by atoms with Crippen LogP contribution in [0.1, 0.15) is 17.0 Å². The molecule has 25 heavy (non-hydrogen) atoms. The smallest absolute Gasteiger partial charge is 0.410 e. The predicted octanol–water partition coefficient (Wildman–Crippen LogP) is 3.78. The highest BCUT2D eigenvalue weighted by atomic mass is 35.5. The van der Waals surface area contributed by atoms with E-state index in [0.29, 0.717) is 11.6 Å². The average molecular weight is 360 g/mol. The highest BCUT2D eigenvalue weighted by Gasteiger charge is 2.41. The molecule has 0 bridgehead atoms. The van der Waals surface area contributed by atoms with Gasteiger partial charge in [0.25, 0.3) is 0 Å². The van der Waals surface area contributed by atoms with Gasteiger partial charge >= 0.3 is 12.1 Å². The van der Waals surface area contributed by atoms with E-state index in [1.165, 1.54) is 4.90 Å². The summed E-state index contributed by atoms with van der Waals surface area (Å²) in [5.74, 6) is -1.86. The quantitative estimate of drug-likeness (QED) is 0.902. The number of hydrogen-bond donors (Lipinski definition) is 1. The van der Waals surface area contributed by atoms with Crippen LogP contribution in [-0.2, 0) is 16.1 Å². The summed E-state index contributed by atoms with van der Waals surface area (Å²) in [4.78, 5) is 25.4. The van der Waals surface area contributed by atoms with E-state index in [2.05, 4.69) is 0 Å². The molecule has 0 aromatic heterocycles. The van der Waals surface area contributed by atoms with Gasteiger partial charge in [0.15, 0.2) is 0 Å². The number of carboxylic acids is 1. The van der Waals surface area contributed by atoms with Crippen molar-refractivity contribution in [3.63, 3.8) is 0 Å². The van der Waals surface area contributed by atoms with Gasteiger partial charge in [0, 0.05) is 24.0 Å². The first kappa shape index (κ1) is 17.3. The highest BCUT2D eigenvalue weighted by molar-refractivity contribution is 6.30. The fourth-order valence-corrected chi connectivity index (χ4v) is 3.19. The molecule has 1 N–H and O–H groups in total. The zero-order valence-corrected chi connectivity index (χ0v) is 14.2. The molecule has 0 spiro atoms. The third-order valence-corrected chi connectivity index (χ3v) is 4.65. The van der Waals surface area contributed by atoms with Gasteiger partial charge < -0.3 is 14.7 Å². The molecule has 1 heterocycles. The molecular formula is C19H18ClNO4. The van der Waals surface area contributed by atoms with Crippen molar-refractivity contribution in [3.8, 4) is 0 Å². The van der Waals surface area contributed by atoms with Crippen LogP contribution in [0.2, 0.25) is 5.02 Å². The molecule has 1 fully saturated rings. The van der Waals surface area contributed by atoms with E-state index in [0.717, 1.165) is 11.1 Å². The molecule has 6 heteroatoms. The zero-order valence-electron chi connectivity index (χ0n) is 13.5. The number of likely N-dealkylation sites (tertiary alicyclic amines) is 1. The fourth-order valence-electron chi connectivity index (χ4n) is 3.06. The normalized spacial score (nSPS) is 19.6. The van der Waals surface area contributed by atoms with Crippen LogP contribution in [0, 0.1) is 5.92 Å². The summed E-state index contributed by atoms with van der Waals surface area (Å²) >= 11 is 5.90. The largest absolute Gasteiger partial charge is 0.481 e. The first-order chi connectivity index (χ1) is 12.0. The van der Waals surface area contributed by atoms with Gasteiger partial charge in [0.1, 0.15) is 6.61 Å². The van der Waals surface area contributed by atoms with Gasteiger partial charge in [0.05, 0.1) is 5.92 Å².